The molecule has 3 aromatic heterocycles. The fourth-order valence-electron chi connectivity index (χ4n) is 2.34. The number of carbonyl (C=O) groups is 1. The van der Waals surface area contributed by atoms with E-state index < -0.39 is 0 Å². The van der Waals surface area contributed by atoms with Gasteiger partial charge in [0.05, 0.1) is 16.9 Å². The molecule has 26 heavy (non-hydrogen) atoms. The Morgan fingerprint density at radius 1 is 1.42 bits per heavy atom. The smallest absolute Gasteiger partial charge is 0.259 e. The fraction of sp³-hybridized carbons (Fsp3) is 0.333. The van der Waals surface area contributed by atoms with Crippen molar-refractivity contribution in [3.8, 4) is 0 Å². The van der Waals surface area contributed by atoms with E-state index in [0.29, 0.717) is 35.2 Å². The lowest BCUT2D eigenvalue weighted by Crippen LogP contribution is -2.24. The molecular weight excluding hydrogens is 368 g/mol. The molecule has 136 valence electrons. The van der Waals surface area contributed by atoms with Gasteiger partial charge in [0.15, 0.2) is 0 Å². The van der Waals surface area contributed by atoms with Crippen LogP contribution in [-0.2, 0) is 17.1 Å². The second kappa shape index (κ2) is 8.46. The normalized spacial score (nSPS) is 11.2. The molecule has 0 spiro atoms. The summed E-state index contributed by atoms with van der Waals surface area (Å²) in [6, 6.07) is 5.67. The van der Waals surface area contributed by atoms with Gasteiger partial charge in [0.2, 0.25) is 5.91 Å². The summed E-state index contributed by atoms with van der Waals surface area (Å²) in [5.41, 5.74) is 0.843. The van der Waals surface area contributed by atoms with Crippen LogP contribution in [0.15, 0.2) is 35.4 Å². The van der Waals surface area contributed by atoms with Crippen molar-refractivity contribution in [3.05, 3.63) is 57.2 Å². The maximum Gasteiger partial charge on any atom is 0.259 e. The van der Waals surface area contributed by atoms with Crippen LogP contribution in [-0.4, -0.2) is 26.6 Å². The second-order valence-corrected chi connectivity index (χ2v) is 8.21. The molecule has 0 unspecified atom stereocenters. The molecule has 0 aliphatic carbocycles. The number of amides is 1. The first-order valence-electron chi connectivity index (χ1n) is 8.29. The molecule has 2 N–H and O–H groups in total. The molecule has 6 nitrogen and oxygen atoms in total. The average Bonchev–Trinajstić information content (AvgIpc) is 3.06. The second-order valence-electron chi connectivity index (χ2n) is 6.17. The summed E-state index contributed by atoms with van der Waals surface area (Å²) in [6.45, 7) is 4.65. The van der Waals surface area contributed by atoms with Gasteiger partial charge < -0.3 is 10.3 Å². The zero-order valence-electron chi connectivity index (χ0n) is 14.6. The molecule has 0 aliphatic rings. The third-order valence-electron chi connectivity index (χ3n) is 3.72. The Balaban J connectivity index is 1.54. The van der Waals surface area contributed by atoms with Crippen LogP contribution < -0.4 is 10.9 Å². The van der Waals surface area contributed by atoms with E-state index in [1.807, 2.05) is 18.2 Å². The standard InChI is InChI=1S/C18H20N4O2S2/c1-11(2)14-6-13-17(24)21-15(22-18(13)26-14)9-25-10-16(23)20-8-12-4-3-5-19-7-12/h3-7,11H,8-10H2,1-2H3,(H,20,23)(H,21,22,24). The van der Waals surface area contributed by atoms with E-state index in [0.717, 1.165) is 15.3 Å². The van der Waals surface area contributed by atoms with E-state index in [9.17, 15) is 9.59 Å². The summed E-state index contributed by atoms with van der Waals surface area (Å²) >= 11 is 2.98. The summed E-state index contributed by atoms with van der Waals surface area (Å²) in [5, 5.41) is 3.49. The first-order valence-corrected chi connectivity index (χ1v) is 10.3. The number of fused-ring (bicyclic) bond motifs is 1. The Morgan fingerprint density at radius 2 is 2.27 bits per heavy atom. The van der Waals surface area contributed by atoms with Gasteiger partial charge in [-0.15, -0.1) is 23.1 Å². The lowest BCUT2D eigenvalue weighted by atomic mass is 10.2. The summed E-state index contributed by atoms with van der Waals surface area (Å²) in [6.07, 6.45) is 3.42. The lowest BCUT2D eigenvalue weighted by molar-refractivity contribution is -0.118. The zero-order valence-corrected chi connectivity index (χ0v) is 16.2. The van der Waals surface area contributed by atoms with E-state index in [1.54, 1.807) is 23.7 Å². The molecule has 8 heteroatoms. The van der Waals surface area contributed by atoms with Crippen molar-refractivity contribution < 1.29 is 4.79 Å². The summed E-state index contributed by atoms with van der Waals surface area (Å²) < 4.78 is 0. The van der Waals surface area contributed by atoms with E-state index in [-0.39, 0.29) is 11.5 Å². The first kappa shape index (κ1) is 18.6. The van der Waals surface area contributed by atoms with E-state index >= 15 is 0 Å². The number of aromatic amines is 1. The topological polar surface area (TPSA) is 87.7 Å². The average molecular weight is 389 g/mol. The predicted octanol–water partition coefficient (Wildman–Crippen LogP) is 3.05. The summed E-state index contributed by atoms with van der Waals surface area (Å²) in [5.74, 6) is 1.71. The molecule has 0 radical (unpaired) electrons. The number of pyridine rings is 1. The molecule has 0 saturated heterocycles. The van der Waals surface area contributed by atoms with Gasteiger partial charge in [-0.1, -0.05) is 19.9 Å². The van der Waals surface area contributed by atoms with Crippen LogP contribution in [0.1, 0.15) is 36.0 Å². The Hall–Kier alpha value is -2.19. The summed E-state index contributed by atoms with van der Waals surface area (Å²) in [4.78, 5) is 37.4. The molecule has 3 heterocycles. The molecular formula is C18H20N4O2S2. The minimum atomic E-state index is -0.116. The van der Waals surface area contributed by atoms with Gasteiger partial charge in [-0.2, -0.15) is 0 Å². The van der Waals surface area contributed by atoms with E-state index in [2.05, 4.69) is 34.1 Å². The number of thiophene rings is 1. The van der Waals surface area contributed by atoms with Crippen molar-refractivity contribution in [2.45, 2.75) is 32.1 Å². The molecule has 0 atom stereocenters. The molecule has 0 saturated carbocycles. The van der Waals surface area contributed by atoms with Crippen LogP contribution in [0.2, 0.25) is 0 Å². The van der Waals surface area contributed by atoms with Crippen LogP contribution in [0, 0.1) is 0 Å². The SMILES string of the molecule is CC(C)c1cc2c(=O)[nH]c(CSCC(=O)NCc3cccnc3)nc2s1. The maximum atomic E-state index is 12.2. The van der Waals surface area contributed by atoms with Crippen molar-refractivity contribution in [2.75, 3.05) is 5.75 Å². The highest BCUT2D eigenvalue weighted by atomic mass is 32.2. The molecule has 1 amide bonds. The molecule has 0 bridgehead atoms. The number of aromatic nitrogens is 3. The van der Waals surface area contributed by atoms with Crippen LogP contribution >= 0.6 is 23.1 Å². The van der Waals surface area contributed by atoms with Crippen LogP contribution in [0.25, 0.3) is 10.2 Å². The highest BCUT2D eigenvalue weighted by molar-refractivity contribution is 7.99. The van der Waals surface area contributed by atoms with Gasteiger partial charge >= 0.3 is 0 Å². The quantitative estimate of drug-likeness (QED) is 0.649. The third kappa shape index (κ3) is 4.70. The Labute approximate surface area is 159 Å². The van der Waals surface area contributed by atoms with Crippen molar-refractivity contribution in [3.63, 3.8) is 0 Å². The molecule has 0 aromatic carbocycles. The van der Waals surface area contributed by atoms with Crippen LogP contribution in [0.5, 0.6) is 0 Å². The van der Waals surface area contributed by atoms with Gasteiger partial charge in [0, 0.05) is 23.8 Å². The van der Waals surface area contributed by atoms with Crippen molar-refractivity contribution in [1.29, 1.82) is 0 Å². The third-order valence-corrected chi connectivity index (χ3v) is 6.00. The monoisotopic (exact) mass is 388 g/mol. The van der Waals surface area contributed by atoms with Crippen LogP contribution in [0.4, 0.5) is 0 Å². The number of H-pyrrole nitrogens is 1. The van der Waals surface area contributed by atoms with Crippen molar-refractivity contribution in [1.82, 2.24) is 20.3 Å². The Morgan fingerprint density at radius 3 is 3.00 bits per heavy atom. The zero-order chi connectivity index (χ0) is 18.5. The highest BCUT2D eigenvalue weighted by Crippen LogP contribution is 2.27. The number of hydrogen-bond donors (Lipinski definition) is 2. The molecule has 0 aliphatic heterocycles. The first-order chi connectivity index (χ1) is 12.5. The van der Waals surface area contributed by atoms with Crippen molar-refractivity contribution >= 4 is 39.2 Å². The molecule has 0 fully saturated rings. The largest absolute Gasteiger partial charge is 0.351 e. The van der Waals surface area contributed by atoms with Gasteiger partial charge in [0.1, 0.15) is 10.7 Å². The number of nitrogens with zero attached hydrogens (tertiary/aromatic N) is 2. The number of nitrogens with one attached hydrogen (secondary N) is 2. The van der Waals surface area contributed by atoms with Crippen LogP contribution in [0.3, 0.4) is 0 Å². The van der Waals surface area contributed by atoms with Gasteiger partial charge in [-0.05, 0) is 23.6 Å². The van der Waals surface area contributed by atoms with Crippen molar-refractivity contribution in [2.24, 2.45) is 0 Å². The number of hydrogen-bond acceptors (Lipinski definition) is 6. The highest BCUT2D eigenvalue weighted by Gasteiger charge is 2.11. The maximum absolute atomic E-state index is 12.2. The number of thioether (sulfide) groups is 1. The fourth-order valence-corrected chi connectivity index (χ4v) is 4.12. The predicted molar refractivity (Wildman–Crippen MR) is 107 cm³/mol. The molecule has 3 rings (SSSR count). The van der Waals surface area contributed by atoms with Gasteiger partial charge in [-0.3, -0.25) is 14.6 Å². The summed E-state index contributed by atoms with van der Waals surface area (Å²) in [7, 11) is 0. The minimum Gasteiger partial charge on any atom is -0.351 e. The van der Waals surface area contributed by atoms with Gasteiger partial charge in [0.25, 0.3) is 5.56 Å². The Bertz CT molecular complexity index is 951. The minimum absolute atomic E-state index is 0.0551. The van der Waals surface area contributed by atoms with Gasteiger partial charge in [-0.25, -0.2) is 4.98 Å². The Kier molecular flexibility index (Phi) is 6.05. The lowest BCUT2D eigenvalue weighted by Gasteiger charge is -2.05. The van der Waals surface area contributed by atoms with E-state index in [1.165, 1.54) is 11.8 Å². The number of carbonyl (C=O) groups excluding carboxylic acids is 1. The number of rotatable bonds is 7. The molecule has 3 aromatic rings. The van der Waals surface area contributed by atoms with E-state index in [4.69, 9.17) is 0 Å².